The van der Waals surface area contributed by atoms with Crippen molar-refractivity contribution in [3.05, 3.63) is 106 Å². The molecule has 0 spiro atoms. The largest absolute Gasteiger partial charge is 0.493 e. The third-order valence-corrected chi connectivity index (χ3v) is 4.69. The number of hydrogen-bond donors (Lipinski definition) is 0. The number of halogens is 1. The topological polar surface area (TPSA) is 52.6 Å². The van der Waals surface area contributed by atoms with Crippen molar-refractivity contribution in [2.24, 2.45) is 0 Å². The van der Waals surface area contributed by atoms with Gasteiger partial charge in [-0.15, -0.1) is 0 Å². The van der Waals surface area contributed by atoms with Crippen LogP contribution in [0, 0.1) is 0 Å². The van der Waals surface area contributed by atoms with Crippen LogP contribution in [0.5, 0.6) is 11.5 Å². The second-order valence-electron chi connectivity index (χ2n) is 6.28. The van der Waals surface area contributed by atoms with Crippen molar-refractivity contribution >= 4 is 39.8 Å². The number of rotatable bonds is 7. The molecule has 4 nitrogen and oxygen atoms in total. The van der Waals surface area contributed by atoms with Gasteiger partial charge in [0.15, 0.2) is 17.3 Å². The maximum atomic E-state index is 12.3. The fourth-order valence-electron chi connectivity index (χ4n) is 2.63. The van der Waals surface area contributed by atoms with Crippen LogP contribution in [0.25, 0.3) is 12.2 Å². The zero-order valence-electron chi connectivity index (χ0n) is 16.2. The van der Waals surface area contributed by atoms with Gasteiger partial charge in [-0.1, -0.05) is 58.4 Å². The summed E-state index contributed by atoms with van der Waals surface area (Å²) in [6, 6.07) is 21.7. The normalized spacial score (nSPS) is 11.0. The summed E-state index contributed by atoms with van der Waals surface area (Å²) in [4.78, 5) is 24.4. The zero-order valence-corrected chi connectivity index (χ0v) is 17.8. The highest BCUT2D eigenvalue weighted by Crippen LogP contribution is 2.29. The SMILES string of the molecule is COc1cc(C=CC(=O)c2ccc(Br)cc2)ccc1OC(=O)C=Cc1ccccc1. The van der Waals surface area contributed by atoms with E-state index in [0.29, 0.717) is 17.1 Å². The number of hydrogen-bond acceptors (Lipinski definition) is 4. The molecular formula is C25H19BrO4. The molecule has 0 aliphatic heterocycles. The van der Waals surface area contributed by atoms with Crippen LogP contribution < -0.4 is 9.47 Å². The van der Waals surface area contributed by atoms with Crippen LogP contribution in [-0.2, 0) is 4.79 Å². The molecule has 5 heteroatoms. The molecule has 0 fully saturated rings. The van der Waals surface area contributed by atoms with E-state index in [0.717, 1.165) is 15.6 Å². The molecule has 0 bridgehead atoms. The van der Waals surface area contributed by atoms with Crippen LogP contribution >= 0.6 is 15.9 Å². The molecule has 0 aliphatic rings. The molecule has 0 radical (unpaired) electrons. The molecular weight excluding hydrogens is 444 g/mol. The maximum absolute atomic E-state index is 12.3. The Morgan fingerprint density at radius 3 is 2.20 bits per heavy atom. The molecule has 0 atom stereocenters. The number of ether oxygens (including phenoxy) is 2. The number of carbonyl (C=O) groups excluding carboxylic acids is 2. The van der Waals surface area contributed by atoms with Crippen LogP contribution in [0.15, 0.2) is 89.4 Å². The summed E-state index contributed by atoms with van der Waals surface area (Å²) < 4.78 is 11.6. The lowest BCUT2D eigenvalue weighted by Crippen LogP contribution is -2.05. The van der Waals surface area contributed by atoms with Crippen molar-refractivity contribution < 1.29 is 19.1 Å². The predicted molar refractivity (Wildman–Crippen MR) is 122 cm³/mol. The molecule has 3 rings (SSSR count). The van der Waals surface area contributed by atoms with Crippen molar-refractivity contribution in [1.29, 1.82) is 0 Å². The van der Waals surface area contributed by atoms with Gasteiger partial charge in [0, 0.05) is 16.1 Å². The van der Waals surface area contributed by atoms with Crippen LogP contribution in [0.1, 0.15) is 21.5 Å². The minimum absolute atomic E-state index is 0.108. The van der Waals surface area contributed by atoms with Crippen molar-refractivity contribution in [3.8, 4) is 11.5 Å². The van der Waals surface area contributed by atoms with E-state index in [1.54, 1.807) is 42.5 Å². The van der Waals surface area contributed by atoms with Gasteiger partial charge in [-0.3, -0.25) is 4.79 Å². The molecule has 0 saturated heterocycles. The number of esters is 1. The van der Waals surface area contributed by atoms with Crippen molar-refractivity contribution in [2.45, 2.75) is 0 Å². The van der Waals surface area contributed by atoms with Crippen molar-refractivity contribution in [3.63, 3.8) is 0 Å². The highest BCUT2D eigenvalue weighted by atomic mass is 79.9. The first kappa shape index (κ1) is 21.3. The van der Waals surface area contributed by atoms with E-state index >= 15 is 0 Å². The lowest BCUT2D eigenvalue weighted by atomic mass is 10.1. The molecule has 3 aromatic carbocycles. The monoisotopic (exact) mass is 462 g/mol. The first-order valence-corrected chi connectivity index (χ1v) is 9.95. The Kier molecular flexibility index (Phi) is 7.35. The second-order valence-corrected chi connectivity index (χ2v) is 7.20. The van der Waals surface area contributed by atoms with Gasteiger partial charge in [0.2, 0.25) is 0 Å². The minimum atomic E-state index is -0.508. The van der Waals surface area contributed by atoms with E-state index < -0.39 is 5.97 Å². The Morgan fingerprint density at radius 1 is 0.800 bits per heavy atom. The Balaban J connectivity index is 1.68. The summed E-state index contributed by atoms with van der Waals surface area (Å²) in [5.74, 6) is 0.0835. The Morgan fingerprint density at radius 2 is 1.50 bits per heavy atom. The fraction of sp³-hybridized carbons (Fsp3) is 0.0400. The Labute approximate surface area is 183 Å². The van der Waals surface area contributed by atoms with Gasteiger partial charge < -0.3 is 9.47 Å². The third kappa shape index (κ3) is 6.03. The summed E-state index contributed by atoms with van der Waals surface area (Å²) in [6.45, 7) is 0. The van der Waals surface area contributed by atoms with Gasteiger partial charge in [0.05, 0.1) is 7.11 Å². The average molecular weight is 463 g/mol. The van der Waals surface area contributed by atoms with Gasteiger partial charge in [0.25, 0.3) is 0 Å². The zero-order chi connectivity index (χ0) is 21.3. The number of ketones is 1. The molecule has 0 aliphatic carbocycles. The number of benzene rings is 3. The molecule has 0 unspecified atom stereocenters. The molecule has 0 amide bonds. The highest BCUT2D eigenvalue weighted by molar-refractivity contribution is 9.10. The minimum Gasteiger partial charge on any atom is -0.493 e. The number of methoxy groups -OCH3 is 1. The smallest absolute Gasteiger partial charge is 0.336 e. The average Bonchev–Trinajstić information content (AvgIpc) is 2.78. The van der Waals surface area contributed by atoms with Gasteiger partial charge in [-0.25, -0.2) is 4.79 Å². The lowest BCUT2D eigenvalue weighted by Gasteiger charge is -2.08. The van der Waals surface area contributed by atoms with Crippen LogP contribution in [-0.4, -0.2) is 18.9 Å². The lowest BCUT2D eigenvalue weighted by molar-refractivity contribution is -0.129. The first-order chi connectivity index (χ1) is 14.5. The van der Waals surface area contributed by atoms with Crippen LogP contribution in [0.4, 0.5) is 0 Å². The molecule has 0 saturated carbocycles. The van der Waals surface area contributed by atoms with Gasteiger partial charge in [0.1, 0.15) is 0 Å². The van der Waals surface area contributed by atoms with E-state index in [1.807, 2.05) is 42.5 Å². The van der Waals surface area contributed by atoms with E-state index in [1.165, 1.54) is 19.3 Å². The fourth-order valence-corrected chi connectivity index (χ4v) is 2.89. The Hall–Kier alpha value is -3.44. The van der Waals surface area contributed by atoms with E-state index in [9.17, 15) is 9.59 Å². The standard InChI is InChI=1S/C25H19BrO4/c1-29-24-17-19(7-14-22(27)20-10-12-21(26)13-11-20)8-15-23(24)30-25(28)16-9-18-5-3-2-4-6-18/h2-17H,1H3. The first-order valence-electron chi connectivity index (χ1n) is 9.16. The van der Waals surface area contributed by atoms with E-state index in [-0.39, 0.29) is 5.78 Å². The Bertz CT molecular complexity index is 1080. The molecule has 30 heavy (non-hydrogen) atoms. The van der Waals surface area contributed by atoms with Crippen molar-refractivity contribution in [2.75, 3.05) is 7.11 Å². The van der Waals surface area contributed by atoms with Gasteiger partial charge in [-0.05, 0) is 59.7 Å². The number of carbonyl (C=O) groups is 2. The summed E-state index contributed by atoms with van der Waals surface area (Å²) in [5, 5.41) is 0. The highest BCUT2D eigenvalue weighted by Gasteiger charge is 2.09. The molecule has 0 aromatic heterocycles. The maximum Gasteiger partial charge on any atom is 0.336 e. The van der Waals surface area contributed by atoms with Crippen molar-refractivity contribution in [1.82, 2.24) is 0 Å². The van der Waals surface area contributed by atoms with Gasteiger partial charge in [-0.2, -0.15) is 0 Å². The predicted octanol–water partition coefficient (Wildman–Crippen LogP) is 5.97. The molecule has 0 heterocycles. The van der Waals surface area contributed by atoms with Crippen LogP contribution in [0.3, 0.4) is 0 Å². The molecule has 0 N–H and O–H groups in total. The molecule has 3 aromatic rings. The second kappa shape index (κ2) is 10.4. The summed E-state index contributed by atoms with van der Waals surface area (Å²) in [5.41, 5.74) is 2.24. The van der Waals surface area contributed by atoms with Crippen LogP contribution in [0.2, 0.25) is 0 Å². The summed E-state index contributed by atoms with van der Waals surface area (Å²) >= 11 is 3.35. The molecule has 150 valence electrons. The summed E-state index contributed by atoms with van der Waals surface area (Å²) in [7, 11) is 1.49. The number of allylic oxidation sites excluding steroid dienone is 1. The quantitative estimate of drug-likeness (QED) is 0.188. The summed E-state index contributed by atoms with van der Waals surface area (Å²) in [6.07, 6.45) is 6.22. The third-order valence-electron chi connectivity index (χ3n) is 4.17. The van der Waals surface area contributed by atoms with E-state index in [4.69, 9.17) is 9.47 Å². The van der Waals surface area contributed by atoms with E-state index in [2.05, 4.69) is 15.9 Å². The van der Waals surface area contributed by atoms with Gasteiger partial charge >= 0.3 is 5.97 Å².